The van der Waals surface area contributed by atoms with Crippen molar-refractivity contribution in [3.63, 3.8) is 0 Å². The minimum absolute atomic E-state index is 0.0629. The van der Waals surface area contributed by atoms with Gasteiger partial charge in [-0.1, -0.05) is 24.3 Å². The van der Waals surface area contributed by atoms with E-state index in [9.17, 15) is 4.79 Å². The van der Waals surface area contributed by atoms with E-state index in [-0.39, 0.29) is 18.6 Å². The minimum atomic E-state index is -0.132. The van der Waals surface area contributed by atoms with E-state index in [1.165, 1.54) is 0 Å². The summed E-state index contributed by atoms with van der Waals surface area (Å²) in [5.74, 6) is -0.132. The predicted molar refractivity (Wildman–Crippen MR) is 83.4 cm³/mol. The lowest BCUT2D eigenvalue weighted by molar-refractivity contribution is -0.127. The number of carbonyl (C=O) groups is 1. The molecule has 3 rings (SSSR count). The third-order valence-corrected chi connectivity index (χ3v) is 3.68. The first-order chi connectivity index (χ1) is 10.8. The fraction of sp³-hybridized carbons (Fsp3) is 0.412. The topological polar surface area (TPSA) is 60.5 Å². The smallest absolute Gasteiger partial charge is 0.246 e. The Balaban J connectivity index is 1.43. The largest absolute Gasteiger partial charge is 0.376 e. The van der Waals surface area contributed by atoms with E-state index >= 15 is 0 Å². The SMILES string of the molecule is O=C(COC[C@H]1CCCO1)NCc1ccc2ccccc2n1. The van der Waals surface area contributed by atoms with E-state index in [0.29, 0.717) is 13.2 Å². The second-order valence-corrected chi connectivity index (χ2v) is 5.42. The maximum absolute atomic E-state index is 11.7. The number of hydrogen-bond donors (Lipinski definition) is 1. The van der Waals surface area contributed by atoms with E-state index in [2.05, 4.69) is 10.3 Å². The van der Waals surface area contributed by atoms with Crippen LogP contribution in [0.5, 0.6) is 0 Å². The molecule has 116 valence electrons. The molecule has 0 bridgehead atoms. The van der Waals surface area contributed by atoms with Gasteiger partial charge in [-0.05, 0) is 25.0 Å². The number of carbonyl (C=O) groups excluding carboxylic acids is 1. The van der Waals surface area contributed by atoms with Gasteiger partial charge in [-0.3, -0.25) is 9.78 Å². The number of amides is 1. The second kappa shape index (κ2) is 7.33. The molecule has 1 aliphatic heterocycles. The second-order valence-electron chi connectivity index (χ2n) is 5.42. The fourth-order valence-electron chi connectivity index (χ4n) is 2.51. The summed E-state index contributed by atoms with van der Waals surface area (Å²) in [5, 5.41) is 3.92. The summed E-state index contributed by atoms with van der Waals surface area (Å²) in [6, 6.07) is 11.9. The van der Waals surface area contributed by atoms with E-state index in [1.807, 2.05) is 36.4 Å². The molecule has 0 radical (unpaired) electrons. The van der Waals surface area contributed by atoms with Crippen LogP contribution in [-0.2, 0) is 20.8 Å². The van der Waals surface area contributed by atoms with Crippen molar-refractivity contribution in [1.82, 2.24) is 10.3 Å². The average Bonchev–Trinajstić information content (AvgIpc) is 3.06. The van der Waals surface area contributed by atoms with Crippen molar-refractivity contribution >= 4 is 16.8 Å². The van der Waals surface area contributed by atoms with Gasteiger partial charge in [0, 0.05) is 12.0 Å². The summed E-state index contributed by atoms with van der Waals surface area (Å²) in [6.45, 7) is 1.76. The zero-order chi connectivity index (χ0) is 15.2. The first kappa shape index (κ1) is 14.9. The van der Waals surface area contributed by atoms with Gasteiger partial charge in [0.25, 0.3) is 0 Å². The number of ether oxygens (including phenoxy) is 2. The number of pyridine rings is 1. The highest BCUT2D eigenvalue weighted by molar-refractivity contribution is 5.79. The van der Waals surface area contributed by atoms with Crippen molar-refractivity contribution in [2.24, 2.45) is 0 Å². The maximum atomic E-state index is 11.7. The predicted octanol–water partition coefficient (Wildman–Crippen LogP) is 2.05. The Bertz CT molecular complexity index is 639. The quantitative estimate of drug-likeness (QED) is 0.887. The number of fused-ring (bicyclic) bond motifs is 1. The van der Waals surface area contributed by atoms with Crippen LogP contribution < -0.4 is 5.32 Å². The van der Waals surface area contributed by atoms with Crippen molar-refractivity contribution in [1.29, 1.82) is 0 Å². The zero-order valence-electron chi connectivity index (χ0n) is 12.5. The van der Waals surface area contributed by atoms with E-state index in [1.54, 1.807) is 0 Å². The van der Waals surface area contributed by atoms with Gasteiger partial charge in [0.15, 0.2) is 0 Å². The molecule has 22 heavy (non-hydrogen) atoms. The summed E-state index contributed by atoms with van der Waals surface area (Å²) in [6.07, 6.45) is 2.24. The molecular formula is C17H20N2O3. The lowest BCUT2D eigenvalue weighted by atomic mass is 10.2. The van der Waals surface area contributed by atoms with Crippen molar-refractivity contribution in [3.05, 3.63) is 42.1 Å². The first-order valence-electron chi connectivity index (χ1n) is 7.62. The molecule has 1 atom stereocenters. The Labute approximate surface area is 129 Å². The first-order valence-corrected chi connectivity index (χ1v) is 7.62. The Hall–Kier alpha value is -1.98. The summed E-state index contributed by atoms with van der Waals surface area (Å²) < 4.78 is 10.8. The Morgan fingerprint density at radius 1 is 1.32 bits per heavy atom. The number of benzene rings is 1. The van der Waals surface area contributed by atoms with E-state index in [4.69, 9.17) is 9.47 Å². The van der Waals surface area contributed by atoms with Gasteiger partial charge in [-0.2, -0.15) is 0 Å². The zero-order valence-corrected chi connectivity index (χ0v) is 12.5. The number of hydrogen-bond acceptors (Lipinski definition) is 4. The molecule has 1 aliphatic rings. The van der Waals surface area contributed by atoms with Crippen LogP contribution in [0.15, 0.2) is 36.4 Å². The van der Waals surface area contributed by atoms with E-state index < -0.39 is 0 Å². The molecule has 0 saturated carbocycles. The van der Waals surface area contributed by atoms with Gasteiger partial charge in [-0.15, -0.1) is 0 Å². The Morgan fingerprint density at radius 3 is 3.09 bits per heavy atom. The van der Waals surface area contributed by atoms with Gasteiger partial charge in [-0.25, -0.2) is 0 Å². The highest BCUT2D eigenvalue weighted by Crippen LogP contribution is 2.12. The molecule has 0 unspecified atom stereocenters. The van der Waals surface area contributed by atoms with Gasteiger partial charge in [0.1, 0.15) is 6.61 Å². The van der Waals surface area contributed by atoms with Gasteiger partial charge in [0.05, 0.1) is 30.5 Å². The fourth-order valence-corrected chi connectivity index (χ4v) is 2.51. The van der Waals surface area contributed by atoms with Gasteiger partial charge < -0.3 is 14.8 Å². The van der Waals surface area contributed by atoms with Crippen LogP contribution in [0.1, 0.15) is 18.5 Å². The van der Waals surface area contributed by atoms with Crippen molar-refractivity contribution < 1.29 is 14.3 Å². The summed E-state index contributed by atoms with van der Waals surface area (Å²) in [5.41, 5.74) is 1.77. The number of para-hydroxylation sites is 1. The maximum Gasteiger partial charge on any atom is 0.246 e. The summed E-state index contributed by atoms with van der Waals surface area (Å²) >= 11 is 0. The third-order valence-electron chi connectivity index (χ3n) is 3.68. The van der Waals surface area contributed by atoms with Crippen LogP contribution in [-0.4, -0.2) is 36.8 Å². The van der Waals surface area contributed by atoms with E-state index in [0.717, 1.165) is 36.0 Å². The lowest BCUT2D eigenvalue weighted by Crippen LogP contribution is -2.29. The Morgan fingerprint density at radius 2 is 2.23 bits per heavy atom. The molecular weight excluding hydrogens is 280 g/mol. The molecule has 0 aliphatic carbocycles. The molecule has 5 nitrogen and oxygen atoms in total. The molecule has 2 heterocycles. The van der Waals surface area contributed by atoms with Crippen LogP contribution in [0.2, 0.25) is 0 Å². The van der Waals surface area contributed by atoms with Crippen LogP contribution in [0.25, 0.3) is 10.9 Å². The molecule has 1 aromatic heterocycles. The Kier molecular flexibility index (Phi) is 4.98. The molecule has 1 saturated heterocycles. The van der Waals surface area contributed by atoms with Crippen LogP contribution in [0, 0.1) is 0 Å². The number of nitrogens with zero attached hydrogens (tertiary/aromatic N) is 1. The number of aromatic nitrogens is 1. The standard InChI is InChI=1S/C17H20N2O3/c20-17(12-21-11-15-5-3-9-22-15)18-10-14-8-7-13-4-1-2-6-16(13)19-14/h1-2,4,6-8,15H,3,5,9-12H2,(H,18,20)/t15-/m1/s1. The monoisotopic (exact) mass is 300 g/mol. The molecule has 2 aromatic rings. The van der Waals surface area contributed by atoms with Crippen molar-refractivity contribution in [2.45, 2.75) is 25.5 Å². The van der Waals surface area contributed by atoms with Crippen molar-refractivity contribution in [2.75, 3.05) is 19.8 Å². The highest BCUT2D eigenvalue weighted by Gasteiger charge is 2.15. The van der Waals surface area contributed by atoms with Gasteiger partial charge >= 0.3 is 0 Å². The van der Waals surface area contributed by atoms with Crippen molar-refractivity contribution in [3.8, 4) is 0 Å². The number of rotatable bonds is 6. The molecule has 0 spiro atoms. The molecule has 1 aromatic carbocycles. The third kappa shape index (κ3) is 4.02. The van der Waals surface area contributed by atoms with Gasteiger partial charge in [0.2, 0.25) is 5.91 Å². The minimum Gasteiger partial charge on any atom is -0.376 e. The summed E-state index contributed by atoms with van der Waals surface area (Å²) in [7, 11) is 0. The van der Waals surface area contributed by atoms with Crippen LogP contribution in [0.4, 0.5) is 0 Å². The molecule has 1 N–H and O–H groups in total. The molecule has 5 heteroatoms. The molecule has 1 fully saturated rings. The summed E-state index contributed by atoms with van der Waals surface area (Å²) in [4.78, 5) is 16.3. The molecule has 1 amide bonds. The lowest BCUT2D eigenvalue weighted by Gasteiger charge is -2.10. The van der Waals surface area contributed by atoms with Crippen LogP contribution in [0.3, 0.4) is 0 Å². The number of nitrogens with one attached hydrogen (secondary N) is 1. The highest BCUT2D eigenvalue weighted by atomic mass is 16.5. The van der Waals surface area contributed by atoms with Crippen LogP contribution >= 0.6 is 0 Å². The average molecular weight is 300 g/mol. The normalized spacial score (nSPS) is 17.7.